The summed E-state index contributed by atoms with van der Waals surface area (Å²) in [6.07, 6.45) is -2.64. The van der Waals surface area contributed by atoms with Crippen molar-refractivity contribution >= 4 is 0 Å². The zero-order valence-corrected chi connectivity index (χ0v) is 13.9. The first kappa shape index (κ1) is 17.9. The number of aromatic nitrogens is 3. The summed E-state index contributed by atoms with van der Waals surface area (Å²) in [5.41, 5.74) is 6.71. The Labute approximate surface area is 144 Å². The van der Waals surface area contributed by atoms with Gasteiger partial charge in [-0.15, -0.1) is 0 Å². The number of halogens is 3. The van der Waals surface area contributed by atoms with E-state index in [-0.39, 0.29) is 18.1 Å². The summed E-state index contributed by atoms with van der Waals surface area (Å²) in [6.45, 7) is -1.15. The van der Waals surface area contributed by atoms with Crippen LogP contribution in [0.25, 0.3) is 11.4 Å². The molecule has 2 N–H and O–H groups in total. The lowest BCUT2D eigenvalue weighted by Crippen LogP contribution is -2.41. The molecule has 1 fully saturated rings. The molecule has 0 radical (unpaired) electrons. The Morgan fingerprint density at radius 2 is 1.96 bits per heavy atom. The van der Waals surface area contributed by atoms with E-state index in [1.807, 2.05) is 6.07 Å². The van der Waals surface area contributed by atoms with E-state index in [0.29, 0.717) is 36.5 Å². The van der Waals surface area contributed by atoms with Crippen LogP contribution in [0.3, 0.4) is 0 Å². The summed E-state index contributed by atoms with van der Waals surface area (Å²) in [6, 6.07) is 8.91. The third kappa shape index (κ3) is 4.19. The van der Waals surface area contributed by atoms with Crippen LogP contribution in [0.4, 0.5) is 13.2 Å². The molecule has 3 rings (SSSR count). The minimum absolute atomic E-state index is 0.103. The number of benzene rings is 1. The van der Waals surface area contributed by atoms with Gasteiger partial charge in [-0.25, -0.2) is 9.67 Å². The fourth-order valence-electron chi connectivity index (χ4n) is 3.31. The molecule has 0 unspecified atom stereocenters. The molecule has 1 aromatic heterocycles. The van der Waals surface area contributed by atoms with E-state index in [1.165, 1.54) is 0 Å². The Morgan fingerprint density at radius 1 is 1.24 bits per heavy atom. The predicted molar refractivity (Wildman–Crippen MR) is 86.9 cm³/mol. The maximum absolute atomic E-state index is 13.0. The van der Waals surface area contributed by atoms with E-state index < -0.39 is 12.7 Å². The molecule has 1 saturated carbocycles. The normalized spacial score (nSPS) is 24.4. The van der Waals surface area contributed by atoms with Gasteiger partial charge in [0.15, 0.2) is 5.82 Å². The lowest BCUT2D eigenvalue weighted by molar-refractivity contribution is -0.143. The monoisotopic (exact) mass is 354 g/mol. The van der Waals surface area contributed by atoms with Crippen molar-refractivity contribution in [3.05, 3.63) is 36.2 Å². The predicted octanol–water partition coefficient (Wildman–Crippen LogP) is 3.12. The number of hydrogen-bond acceptors (Lipinski definition) is 4. The second kappa shape index (κ2) is 7.13. The topological polar surface area (TPSA) is 66.0 Å². The van der Waals surface area contributed by atoms with Crippen molar-refractivity contribution in [3.8, 4) is 11.4 Å². The Morgan fingerprint density at radius 3 is 2.60 bits per heavy atom. The fourth-order valence-corrected chi connectivity index (χ4v) is 3.31. The zero-order chi connectivity index (χ0) is 18.0. The largest absolute Gasteiger partial charge is 0.408 e. The molecule has 1 aliphatic rings. The van der Waals surface area contributed by atoms with E-state index in [4.69, 9.17) is 10.5 Å². The van der Waals surface area contributed by atoms with E-state index >= 15 is 0 Å². The first-order valence-electron chi connectivity index (χ1n) is 8.22. The van der Waals surface area contributed by atoms with Crippen molar-refractivity contribution in [2.45, 2.75) is 50.0 Å². The maximum atomic E-state index is 13.0. The number of rotatable bonds is 4. The highest BCUT2D eigenvalue weighted by molar-refractivity contribution is 5.54. The van der Waals surface area contributed by atoms with E-state index in [1.54, 1.807) is 31.4 Å². The molecule has 3 atom stereocenters. The van der Waals surface area contributed by atoms with Gasteiger partial charge >= 0.3 is 6.18 Å². The van der Waals surface area contributed by atoms with Gasteiger partial charge in [-0.2, -0.15) is 18.3 Å². The average molecular weight is 354 g/mol. The number of alkyl halides is 3. The molecule has 0 amide bonds. The third-order valence-corrected chi connectivity index (χ3v) is 4.57. The van der Waals surface area contributed by atoms with Gasteiger partial charge < -0.3 is 10.5 Å². The number of methoxy groups -OCH3 is 1. The van der Waals surface area contributed by atoms with Crippen molar-refractivity contribution in [2.24, 2.45) is 5.73 Å². The number of nitrogens with zero attached hydrogens (tertiary/aromatic N) is 3. The minimum atomic E-state index is -4.36. The van der Waals surface area contributed by atoms with Gasteiger partial charge in [0.1, 0.15) is 12.4 Å². The molecular formula is C17H21F3N4O. The molecule has 1 aromatic carbocycles. The second-order valence-corrected chi connectivity index (χ2v) is 6.38. The summed E-state index contributed by atoms with van der Waals surface area (Å²) in [7, 11) is 1.57. The lowest BCUT2D eigenvalue weighted by atomic mass is 9.83. The van der Waals surface area contributed by atoms with Gasteiger partial charge in [-0.1, -0.05) is 30.3 Å². The van der Waals surface area contributed by atoms with Crippen LogP contribution < -0.4 is 5.73 Å². The standard InChI is InChI=1S/C17H21F3N4O/c1-25-14-9-12(7-8-13(14)21)16-22-15(11-5-3-2-4-6-11)23-24(16)10-17(18,19)20/h2-6,12-14H,7-10,21H2,1H3/t12-,13-,14-/m0/s1. The van der Waals surface area contributed by atoms with Gasteiger partial charge in [0.2, 0.25) is 0 Å². The van der Waals surface area contributed by atoms with Crippen LogP contribution in [-0.2, 0) is 11.3 Å². The van der Waals surface area contributed by atoms with Crippen LogP contribution in [0, 0.1) is 0 Å². The molecule has 5 nitrogen and oxygen atoms in total. The van der Waals surface area contributed by atoms with E-state index in [2.05, 4.69) is 10.1 Å². The SMILES string of the molecule is CO[C@H]1C[C@@H](c2nc(-c3ccccc3)nn2CC(F)(F)F)CC[C@@H]1N. The molecule has 0 aliphatic heterocycles. The molecule has 136 valence electrons. The van der Waals surface area contributed by atoms with Crippen LogP contribution in [0.1, 0.15) is 31.0 Å². The van der Waals surface area contributed by atoms with Crippen LogP contribution >= 0.6 is 0 Å². The van der Waals surface area contributed by atoms with Crippen molar-refractivity contribution in [1.29, 1.82) is 0 Å². The van der Waals surface area contributed by atoms with Crippen LogP contribution in [0.5, 0.6) is 0 Å². The Hall–Kier alpha value is -1.93. The van der Waals surface area contributed by atoms with Crippen molar-refractivity contribution in [2.75, 3.05) is 7.11 Å². The summed E-state index contributed by atoms with van der Waals surface area (Å²) in [4.78, 5) is 4.44. The zero-order valence-electron chi connectivity index (χ0n) is 13.9. The number of hydrogen-bond donors (Lipinski definition) is 1. The number of nitrogens with two attached hydrogens (primary N) is 1. The lowest BCUT2D eigenvalue weighted by Gasteiger charge is -2.32. The molecule has 2 aromatic rings. The number of ether oxygens (including phenoxy) is 1. The third-order valence-electron chi connectivity index (χ3n) is 4.57. The van der Waals surface area contributed by atoms with Crippen LogP contribution in [-0.4, -0.2) is 40.2 Å². The van der Waals surface area contributed by atoms with E-state index in [9.17, 15) is 13.2 Å². The Bertz CT molecular complexity index is 702. The fraction of sp³-hybridized carbons (Fsp3) is 0.529. The smallest absolute Gasteiger partial charge is 0.380 e. The summed E-state index contributed by atoms with van der Waals surface area (Å²) >= 11 is 0. The van der Waals surface area contributed by atoms with Crippen molar-refractivity contribution in [3.63, 3.8) is 0 Å². The molecular weight excluding hydrogens is 333 g/mol. The molecule has 8 heteroatoms. The Balaban J connectivity index is 1.94. The van der Waals surface area contributed by atoms with Gasteiger partial charge in [0, 0.05) is 24.6 Å². The summed E-state index contributed by atoms with van der Waals surface area (Å²) in [5, 5.41) is 4.12. The average Bonchev–Trinajstić information content (AvgIpc) is 2.98. The molecule has 1 heterocycles. The van der Waals surface area contributed by atoms with E-state index in [0.717, 1.165) is 4.68 Å². The van der Waals surface area contributed by atoms with Crippen molar-refractivity contribution in [1.82, 2.24) is 14.8 Å². The van der Waals surface area contributed by atoms with Crippen LogP contribution in [0.2, 0.25) is 0 Å². The quantitative estimate of drug-likeness (QED) is 0.916. The van der Waals surface area contributed by atoms with Gasteiger partial charge in [-0.05, 0) is 19.3 Å². The molecule has 0 bridgehead atoms. The van der Waals surface area contributed by atoms with Gasteiger partial charge in [0.25, 0.3) is 0 Å². The Kier molecular flexibility index (Phi) is 5.10. The highest BCUT2D eigenvalue weighted by atomic mass is 19.4. The molecule has 0 spiro atoms. The molecule has 1 aliphatic carbocycles. The second-order valence-electron chi connectivity index (χ2n) is 6.38. The highest BCUT2D eigenvalue weighted by Crippen LogP contribution is 2.34. The van der Waals surface area contributed by atoms with Gasteiger partial charge in [0.05, 0.1) is 6.10 Å². The highest BCUT2D eigenvalue weighted by Gasteiger charge is 2.35. The molecule has 0 saturated heterocycles. The molecule has 25 heavy (non-hydrogen) atoms. The van der Waals surface area contributed by atoms with Gasteiger partial charge in [-0.3, -0.25) is 0 Å². The van der Waals surface area contributed by atoms with Crippen LogP contribution in [0.15, 0.2) is 30.3 Å². The summed E-state index contributed by atoms with van der Waals surface area (Å²) in [5.74, 6) is 0.505. The first-order chi connectivity index (χ1) is 11.9. The minimum Gasteiger partial charge on any atom is -0.380 e. The van der Waals surface area contributed by atoms with Crippen molar-refractivity contribution < 1.29 is 17.9 Å². The summed E-state index contributed by atoms with van der Waals surface area (Å²) < 4.78 is 45.3. The maximum Gasteiger partial charge on any atom is 0.408 e. The first-order valence-corrected chi connectivity index (χ1v) is 8.22.